The van der Waals surface area contributed by atoms with E-state index in [9.17, 15) is 0 Å². The molecule has 2 rings (SSSR count). The van der Waals surface area contributed by atoms with Crippen LogP contribution in [0.25, 0.3) is 0 Å². The Bertz CT molecular complexity index is 410. The molecule has 15 heavy (non-hydrogen) atoms. The van der Waals surface area contributed by atoms with E-state index >= 15 is 0 Å². The molecule has 2 heterocycles. The average molecular weight is 320 g/mol. The van der Waals surface area contributed by atoms with E-state index in [0.717, 1.165) is 0 Å². The molecule has 0 saturated heterocycles. The van der Waals surface area contributed by atoms with Crippen LogP contribution in [-0.2, 0) is 0 Å². The molecule has 2 aromatic rings. The summed E-state index contributed by atoms with van der Waals surface area (Å²) < 4.78 is 2.50. The normalized spacial score (nSPS) is 12.9. The van der Waals surface area contributed by atoms with E-state index < -0.39 is 0 Å². The monoisotopic (exact) mass is 319 g/mol. The van der Waals surface area contributed by atoms with Crippen LogP contribution in [0.15, 0.2) is 37.6 Å². The third-order valence-corrected chi connectivity index (χ3v) is 6.10. The lowest BCUT2D eigenvalue weighted by molar-refractivity contribution is 0.962. The SMILES string of the molecule is NCC(Sc1cccs1)c1ccc(Br)s1. The van der Waals surface area contributed by atoms with E-state index in [-0.39, 0.29) is 0 Å². The zero-order chi connectivity index (χ0) is 10.7. The molecule has 5 heteroatoms. The second kappa shape index (κ2) is 5.50. The van der Waals surface area contributed by atoms with Crippen LogP contribution >= 0.6 is 50.4 Å². The number of thiophene rings is 2. The summed E-state index contributed by atoms with van der Waals surface area (Å²) in [5.41, 5.74) is 5.81. The molecule has 2 aromatic heterocycles. The molecule has 80 valence electrons. The molecule has 1 atom stereocenters. The largest absolute Gasteiger partial charge is 0.329 e. The van der Waals surface area contributed by atoms with Crippen LogP contribution in [0.5, 0.6) is 0 Å². The summed E-state index contributed by atoms with van der Waals surface area (Å²) in [5.74, 6) is 0. The van der Waals surface area contributed by atoms with Crippen molar-refractivity contribution in [1.82, 2.24) is 0 Å². The summed E-state index contributed by atoms with van der Waals surface area (Å²) in [4.78, 5) is 1.34. The van der Waals surface area contributed by atoms with Crippen molar-refractivity contribution in [2.45, 2.75) is 9.46 Å². The molecular weight excluding hydrogens is 310 g/mol. The van der Waals surface area contributed by atoms with Gasteiger partial charge in [-0.15, -0.1) is 34.4 Å². The van der Waals surface area contributed by atoms with Gasteiger partial charge < -0.3 is 5.73 Å². The fraction of sp³-hybridized carbons (Fsp3) is 0.200. The first-order valence-corrected chi connectivity index (χ1v) is 7.82. The Hall–Kier alpha value is 0.190. The topological polar surface area (TPSA) is 26.0 Å². The van der Waals surface area contributed by atoms with Crippen LogP contribution in [0.4, 0.5) is 0 Å². The van der Waals surface area contributed by atoms with E-state index in [1.165, 1.54) is 12.9 Å². The zero-order valence-corrected chi connectivity index (χ0v) is 11.9. The molecule has 0 fully saturated rings. The van der Waals surface area contributed by atoms with Crippen LogP contribution in [0, 0.1) is 0 Å². The lowest BCUT2D eigenvalue weighted by atomic mass is 10.3. The third-order valence-electron chi connectivity index (χ3n) is 1.88. The minimum Gasteiger partial charge on any atom is -0.329 e. The summed E-state index contributed by atoms with van der Waals surface area (Å²) in [6, 6.07) is 8.44. The average Bonchev–Trinajstić information content (AvgIpc) is 2.85. The van der Waals surface area contributed by atoms with E-state index in [1.807, 2.05) is 11.8 Å². The number of rotatable bonds is 4. The molecule has 0 aliphatic rings. The highest BCUT2D eigenvalue weighted by Crippen LogP contribution is 2.40. The van der Waals surface area contributed by atoms with Gasteiger partial charge >= 0.3 is 0 Å². The molecule has 0 aliphatic heterocycles. The molecule has 0 aliphatic carbocycles. The van der Waals surface area contributed by atoms with Crippen molar-refractivity contribution in [2.24, 2.45) is 5.73 Å². The minimum absolute atomic E-state index is 0.375. The predicted octanol–water partition coefficient (Wildman–Crippen LogP) is 4.36. The van der Waals surface area contributed by atoms with Crippen LogP contribution in [-0.4, -0.2) is 6.54 Å². The molecule has 0 aromatic carbocycles. The Morgan fingerprint density at radius 2 is 2.27 bits per heavy atom. The first kappa shape index (κ1) is 11.7. The maximum atomic E-state index is 5.81. The van der Waals surface area contributed by atoms with Gasteiger partial charge in [-0.3, -0.25) is 0 Å². The third kappa shape index (κ3) is 3.07. The zero-order valence-electron chi connectivity index (χ0n) is 7.85. The van der Waals surface area contributed by atoms with E-state index in [2.05, 4.69) is 45.6 Å². The number of thioether (sulfide) groups is 1. The van der Waals surface area contributed by atoms with Crippen LogP contribution in [0.1, 0.15) is 10.1 Å². The molecular formula is C10H10BrNS3. The Balaban J connectivity index is 2.11. The Morgan fingerprint density at radius 1 is 1.40 bits per heavy atom. The fourth-order valence-corrected chi connectivity index (χ4v) is 4.82. The molecule has 2 N–H and O–H groups in total. The van der Waals surface area contributed by atoms with Crippen molar-refractivity contribution in [3.8, 4) is 0 Å². The second-order valence-corrected chi connectivity index (χ2v) is 7.86. The van der Waals surface area contributed by atoms with E-state index in [1.54, 1.807) is 22.7 Å². The van der Waals surface area contributed by atoms with Crippen molar-refractivity contribution in [1.29, 1.82) is 0 Å². The second-order valence-electron chi connectivity index (χ2n) is 2.92. The number of hydrogen-bond acceptors (Lipinski definition) is 4. The summed E-state index contributed by atoms with van der Waals surface area (Å²) in [6.45, 7) is 0.676. The fourth-order valence-electron chi connectivity index (χ4n) is 1.19. The molecule has 1 unspecified atom stereocenters. The van der Waals surface area contributed by atoms with Crippen molar-refractivity contribution in [3.63, 3.8) is 0 Å². The van der Waals surface area contributed by atoms with Gasteiger partial charge in [0.15, 0.2) is 0 Å². The van der Waals surface area contributed by atoms with Gasteiger partial charge in [-0.1, -0.05) is 6.07 Å². The van der Waals surface area contributed by atoms with Crippen LogP contribution in [0.3, 0.4) is 0 Å². The van der Waals surface area contributed by atoms with Crippen molar-refractivity contribution < 1.29 is 0 Å². The first-order valence-electron chi connectivity index (χ1n) is 4.45. The van der Waals surface area contributed by atoms with Gasteiger partial charge in [0.2, 0.25) is 0 Å². The summed E-state index contributed by atoms with van der Waals surface area (Å²) in [6.07, 6.45) is 0. The van der Waals surface area contributed by atoms with Gasteiger partial charge in [0.25, 0.3) is 0 Å². The highest BCUT2D eigenvalue weighted by molar-refractivity contribution is 9.11. The maximum Gasteiger partial charge on any atom is 0.0701 e. The van der Waals surface area contributed by atoms with Gasteiger partial charge in [-0.25, -0.2) is 0 Å². The Labute approximate surface area is 110 Å². The van der Waals surface area contributed by atoms with Crippen molar-refractivity contribution in [2.75, 3.05) is 6.54 Å². The highest BCUT2D eigenvalue weighted by atomic mass is 79.9. The van der Waals surface area contributed by atoms with Gasteiger partial charge in [-0.2, -0.15) is 0 Å². The predicted molar refractivity (Wildman–Crippen MR) is 74.0 cm³/mol. The molecule has 0 saturated carbocycles. The quantitative estimate of drug-likeness (QED) is 0.847. The van der Waals surface area contributed by atoms with Crippen LogP contribution < -0.4 is 5.73 Å². The molecule has 0 amide bonds. The Kier molecular flexibility index (Phi) is 4.28. The summed E-state index contributed by atoms with van der Waals surface area (Å²) in [7, 11) is 0. The van der Waals surface area contributed by atoms with Crippen molar-refractivity contribution >= 4 is 50.4 Å². The lowest BCUT2D eigenvalue weighted by Crippen LogP contribution is -2.07. The Morgan fingerprint density at radius 3 is 2.80 bits per heavy atom. The summed E-state index contributed by atoms with van der Waals surface area (Å²) in [5, 5.41) is 2.47. The first-order chi connectivity index (χ1) is 7.29. The van der Waals surface area contributed by atoms with Gasteiger partial charge in [0.05, 0.1) is 13.2 Å². The highest BCUT2D eigenvalue weighted by Gasteiger charge is 2.13. The van der Waals surface area contributed by atoms with Crippen LogP contribution in [0.2, 0.25) is 0 Å². The number of hydrogen-bond donors (Lipinski definition) is 1. The summed E-state index contributed by atoms with van der Waals surface area (Å²) >= 11 is 8.85. The maximum absolute atomic E-state index is 5.81. The lowest BCUT2D eigenvalue weighted by Gasteiger charge is -2.10. The molecule has 0 spiro atoms. The standard InChI is InChI=1S/C10H10BrNS3/c11-9-4-3-7(14-9)8(6-12)15-10-2-1-5-13-10/h1-5,8H,6,12H2. The smallest absolute Gasteiger partial charge is 0.0701 e. The van der Waals surface area contributed by atoms with Crippen molar-refractivity contribution in [3.05, 3.63) is 38.3 Å². The number of halogens is 1. The molecule has 1 nitrogen and oxygen atoms in total. The van der Waals surface area contributed by atoms with E-state index in [4.69, 9.17) is 5.73 Å². The molecule has 0 bridgehead atoms. The molecule has 0 radical (unpaired) electrons. The number of nitrogens with two attached hydrogens (primary N) is 1. The van der Waals surface area contributed by atoms with Gasteiger partial charge in [0, 0.05) is 11.4 Å². The van der Waals surface area contributed by atoms with Gasteiger partial charge in [-0.05, 0) is 39.5 Å². The van der Waals surface area contributed by atoms with E-state index in [0.29, 0.717) is 11.8 Å². The minimum atomic E-state index is 0.375. The van der Waals surface area contributed by atoms with Gasteiger partial charge in [0.1, 0.15) is 0 Å².